The highest BCUT2D eigenvalue weighted by molar-refractivity contribution is 7.19. The van der Waals surface area contributed by atoms with Crippen LogP contribution in [0.3, 0.4) is 0 Å². The smallest absolute Gasteiger partial charge is 0.270 e. The zero-order valence-corrected chi connectivity index (χ0v) is 12.0. The van der Waals surface area contributed by atoms with E-state index in [1.807, 2.05) is 6.92 Å². The number of hydrogen-bond acceptors (Lipinski definition) is 8. The van der Waals surface area contributed by atoms with Gasteiger partial charge in [0.25, 0.3) is 5.89 Å². The summed E-state index contributed by atoms with van der Waals surface area (Å²) >= 11 is 1.28. The summed E-state index contributed by atoms with van der Waals surface area (Å²) in [6.45, 7) is 3.24. The van der Waals surface area contributed by atoms with Crippen molar-refractivity contribution in [1.29, 1.82) is 0 Å². The van der Waals surface area contributed by atoms with Crippen LogP contribution in [-0.4, -0.2) is 31.0 Å². The van der Waals surface area contributed by atoms with Crippen molar-refractivity contribution in [2.45, 2.75) is 13.8 Å². The molecule has 0 aromatic carbocycles. The Kier molecular flexibility index (Phi) is 3.40. The van der Waals surface area contributed by atoms with Crippen LogP contribution in [0.5, 0.6) is 0 Å². The molecule has 0 aliphatic rings. The second kappa shape index (κ2) is 5.37. The fraction of sp³-hybridized carbons (Fsp3) is 0.167. The zero-order chi connectivity index (χ0) is 14.8. The molecular weight excluding hydrogens is 292 g/mol. The van der Waals surface area contributed by atoms with Gasteiger partial charge in [-0.05, 0) is 6.92 Å². The van der Waals surface area contributed by atoms with Crippen LogP contribution in [0.15, 0.2) is 23.2 Å². The van der Waals surface area contributed by atoms with Crippen molar-refractivity contribution in [2.24, 2.45) is 0 Å². The Morgan fingerprint density at radius 3 is 2.76 bits per heavy atom. The quantitative estimate of drug-likeness (QED) is 0.787. The third-order valence-electron chi connectivity index (χ3n) is 2.52. The lowest BCUT2D eigenvalue weighted by Crippen LogP contribution is -2.04. The number of rotatable bonds is 3. The normalized spacial score (nSPS) is 10.6. The summed E-state index contributed by atoms with van der Waals surface area (Å²) in [4.78, 5) is 28.1. The fourth-order valence-corrected chi connectivity index (χ4v) is 2.58. The molecule has 0 atom stereocenters. The lowest BCUT2D eigenvalue weighted by atomic mass is 10.3. The molecule has 0 unspecified atom stereocenters. The fourth-order valence-electron chi connectivity index (χ4n) is 1.65. The zero-order valence-electron chi connectivity index (χ0n) is 11.2. The Hall–Kier alpha value is -2.68. The largest absolute Gasteiger partial charge is 0.333 e. The SMILES string of the molecule is CC(=O)Nc1nc(C)c(-c2nc(-c3cncnc3)no2)s1. The summed E-state index contributed by atoms with van der Waals surface area (Å²) in [7, 11) is 0. The van der Waals surface area contributed by atoms with Crippen LogP contribution < -0.4 is 5.32 Å². The maximum absolute atomic E-state index is 11.0. The van der Waals surface area contributed by atoms with Gasteiger partial charge in [0.15, 0.2) is 5.13 Å². The van der Waals surface area contributed by atoms with Crippen LogP contribution in [0.2, 0.25) is 0 Å². The Labute approximate surface area is 123 Å². The summed E-state index contributed by atoms with van der Waals surface area (Å²) in [6, 6.07) is 0. The Balaban J connectivity index is 1.93. The lowest BCUT2D eigenvalue weighted by Gasteiger charge is -1.91. The first-order valence-electron chi connectivity index (χ1n) is 5.98. The highest BCUT2D eigenvalue weighted by Crippen LogP contribution is 2.32. The molecule has 1 amide bonds. The van der Waals surface area contributed by atoms with Gasteiger partial charge in [-0.15, -0.1) is 0 Å². The van der Waals surface area contributed by atoms with Crippen molar-refractivity contribution < 1.29 is 9.32 Å². The molecule has 0 fully saturated rings. The van der Waals surface area contributed by atoms with Crippen molar-refractivity contribution >= 4 is 22.4 Å². The Bertz CT molecular complexity index is 782. The van der Waals surface area contributed by atoms with Crippen LogP contribution in [0.4, 0.5) is 5.13 Å². The summed E-state index contributed by atoms with van der Waals surface area (Å²) in [5, 5.41) is 7.03. The van der Waals surface area contributed by atoms with E-state index >= 15 is 0 Å². The topological polar surface area (TPSA) is 107 Å². The average molecular weight is 302 g/mol. The third-order valence-corrected chi connectivity index (χ3v) is 3.58. The number of anilines is 1. The van der Waals surface area contributed by atoms with E-state index in [-0.39, 0.29) is 5.91 Å². The number of thiazole rings is 1. The van der Waals surface area contributed by atoms with Gasteiger partial charge in [-0.25, -0.2) is 15.0 Å². The molecule has 0 saturated carbocycles. The van der Waals surface area contributed by atoms with Gasteiger partial charge in [-0.3, -0.25) is 4.79 Å². The molecule has 0 aliphatic heterocycles. The van der Waals surface area contributed by atoms with Gasteiger partial charge >= 0.3 is 0 Å². The number of amides is 1. The highest BCUT2D eigenvalue weighted by atomic mass is 32.1. The van der Waals surface area contributed by atoms with Crippen molar-refractivity contribution in [3.63, 3.8) is 0 Å². The second-order valence-corrected chi connectivity index (χ2v) is 5.16. The van der Waals surface area contributed by atoms with E-state index in [9.17, 15) is 4.79 Å². The van der Waals surface area contributed by atoms with Gasteiger partial charge in [-0.2, -0.15) is 4.98 Å². The molecule has 0 radical (unpaired) electrons. The van der Waals surface area contributed by atoms with Crippen LogP contribution in [0.1, 0.15) is 12.6 Å². The molecule has 0 bridgehead atoms. The van der Waals surface area contributed by atoms with Crippen molar-refractivity contribution in [2.75, 3.05) is 5.32 Å². The van der Waals surface area contributed by atoms with E-state index in [0.717, 1.165) is 0 Å². The van der Waals surface area contributed by atoms with Gasteiger partial charge < -0.3 is 9.84 Å². The van der Waals surface area contributed by atoms with Crippen LogP contribution in [0.25, 0.3) is 22.2 Å². The number of nitrogens with zero attached hydrogens (tertiary/aromatic N) is 5. The van der Waals surface area contributed by atoms with Crippen molar-refractivity contribution in [1.82, 2.24) is 25.1 Å². The minimum Gasteiger partial charge on any atom is -0.333 e. The van der Waals surface area contributed by atoms with Gasteiger partial charge in [0.2, 0.25) is 11.7 Å². The van der Waals surface area contributed by atoms with E-state index in [2.05, 4.69) is 30.4 Å². The van der Waals surface area contributed by atoms with Gasteiger partial charge in [-0.1, -0.05) is 16.5 Å². The van der Waals surface area contributed by atoms with Gasteiger partial charge in [0, 0.05) is 19.3 Å². The standard InChI is InChI=1S/C12H10N6O2S/c1-6-9(21-12(15-6)16-7(2)19)11-17-10(18-20-11)8-3-13-5-14-4-8/h3-5H,1-2H3,(H,15,16,19). The van der Waals surface area contributed by atoms with E-state index in [4.69, 9.17) is 4.52 Å². The number of aromatic nitrogens is 5. The molecule has 3 aromatic heterocycles. The Morgan fingerprint density at radius 2 is 2.05 bits per heavy atom. The minimum absolute atomic E-state index is 0.178. The maximum Gasteiger partial charge on any atom is 0.270 e. The van der Waals surface area contributed by atoms with Crippen LogP contribution in [-0.2, 0) is 4.79 Å². The molecule has 0 saturated heterocycles. The van der Waals surface area contributed by atoms with Gasteiger partial charge in [0.05, 0.1) is 11.3 Å². The first-order valence-corrected chi connectivity index (χ1v) is 6.79. The molecule has 21 heavy (non-hydrogen) atoms. The molecular formula is C12H10N6O2S. The van der Waals surface area contributed by atoms with Crippen LogP contribution in [0, 0.1) is 6.92 Å². The molecule has 3 rings (SSSR count). The molecule has 3 aromatic rings. The maximum atomic E-state index is 11.0. The summed E-state index contributed by atoms with van der Waals surface area (Å²) in [6.07, 6.45) is 4.63. The summed E-state index contributed by atoms with van der Waals surface area (Å²) in [5.41, 5.74) is 1.38. The van der Waals surface area contributed by atoms with Gasteiger partial charge in [0.1, 0.15) is 11.2 Å². The molecule has 106 valence electrons. The number of aryl methyl sites for hydroxylation is 1. The third kappa shape index (κ3) is 2.77. The number of nitrogens with one attached hydrogen (secondary N) is 1. The van der Waals surface area contributed by atoms with E-state index < -0.39 is 0 Å². The molecule has 0 aliphatic carbocycles. The monoisotopic (exact) mass is 302 g/mol. The lowest BCUT2D eigenvalue weighted by molar-refractivity contribution is -0.114. The predicted octanol–water partition coefficient (Wildman–Crippen LogP) is 1.92. The average Bonchev–Trinajstić information content (AvgIpc) is 3.06. The summed E-state index contributed by atoms with van der Waals surface area (Å²) in [5.74, 6) is 0.572. The Morgan fingerprint density at radius 1 is 1.29 bits per heavy atom. The number of hydrogen-bond donors (Lipinski definition) is 1. The van der Waals surface area contributed by atoms with E-state index in [0.29, 0.717) is 33.0 Å². The van der Waals surface area contributed by atoms with Crippen LogP contribution >= 0.6 is 11.3 Å². The highest BCUT2D eigenvalue weighted by Gasteiger charge is 2.17. The van der Waals surface area contributed by atoms with E-state index in [1.165, 1.54) is 24.6 Å². The minimum atomic E-state index is -0.178. The second-order valence-electron chi connectivity index (χ2n) is 4.17. The number of carbonyl (C=O) groups is 1. The molecule has 1 N–H and O–H groups in total. The molecule has 0 spiro atoms. The predicted molar refractivity (Wildman–Crippen MR) is 75.5 cm³/mol. The van der Waals surface area contributed by atoms with Crippen molar-refractivity contribution in [3.05, 3.63) is 24.4 Å². The summed E-state index contributed by atoms with van der Waals surface area (Å²) < 4.78 is 5.25. The van der Waals surface area contributed by atoms with Crippen molar-refractivity contribution in [3.8, 4) is 22.2 Å². The first kappa shape index (κ1) is 13.3. The number of carbonyl (C=O) groups excluding carboxylic acids is 1. The molecule has 9 heteroatoms. The molecule has 3 heterocycles. The first-order chi connectivity index (χ1) is 10.1. The van der Waals surface area contributed by atoms with E-state index in [1.54, 1.807) is 12.4 Å². The molecule has 8 nitrogen and oxygen atoms in total.